The first-order valence-electron chi connectivity index (χ1n) is 6.93. The molecule has 0 atom stereocenters. The number of ether oxygens (including phenoxy) is 1. The molecule has 0 aliphatic heterocycles. The molecule has 0 aromatic heterocycles. The van der Waals surface area contributed by atoms with Crippen LogP contribution in [-0.4, -0.2) is 18.4 Å². The van der Waals surface area contributed by atoms with Gasteiger partial charge in [0.2, 0.25) is 0 Å². The van der Waals surface area contributed by atoms with Crippen LogP contribution in [0.2, 0.25) is 0 Å². The lowest BCUT2D eigenvalue weighted by atomic mass is 9.91. The number of carbonyl (C=O) groups excluding carboxylic acids is 2. The van der Waals surface area contributed by atoms with Crippen LogP contribution in [0.15, 0.2) is 42.5 Å². The van der Waals surface area contributed by atoms with Gasteiger partial charge in [0.25, 0.3) is 0 Å². The predicted octanol–water partition coefficient (Wildman–Crippen LogP) is 3.71. The number of rotatable bonds is 4. The second-order valence-electron chi connectivity index (χ2n) is 4.86. The summed E-state index contributed by atoms with van der Waals surface area (Å²) in [7, 11) is 0. The van der Waals surface area contributed by atoms with Crippen molar-refractivity contribution in [2.45, 2.75) is 20.8 Å². The van der Waals surface area contributed by atoms with Crippen molar-refractivity contribution in [1.29, 1.82) is 0 Å². The summed E-state index contributed by atoms with van der Waals surface area (Å²) < 4.78 is 5.10. The van der Waals surface area contributed by atoms with Crippen molar-refractivity contribution >= 4 is 11.8 Å². The largest absolute Gasteiger partial charge is 0.462 e. The average Bonchev–Trinajstić information content (AvgIpc) is 2.49. The van der Waals surface area contributed by atoms with Crippen molar-refractivity contribution in [2.24, 2.45) is 0 Å². The van der Waals surface area contributed by atoms with E-state index >= 15 is 0 Å². The van der Waals surface area contributed by atoms with Crippen molar-refractivity contribution in [2.75, 3.05) is 6.61 Å². The number of ketones is 1. The maximum Gasteiger partial charge on any atom is 0.339 e. The molecule has 0 bridgehead atoms. The summed E-state index contributed by atoms with van der Waals surface area (Å²) in [5, 5.41) is 0. The van der Waals surface area contributed by atoms with E-state index < -0.39 is 5.97 Å². The Morgan fingerprint density at radius 2 is 1.48 bits per heavy atom. The van der Waals surface area contributed by atoms with Gasteiger partial charge in [-0.3, -0.25) is 4.79 Å². The monoisotopic (exact) mass is 282 g/mol. The van der Waals surface area contributed by atoms with Gasteiger partial charge < -0.3 is 4.74 Å². The van der Waals surface area contributed by atoms with E-state index in [2.05, 4.69) is 0 Å². The van der Waals surface area contributed by atoms with Gasteiger partial charge in [-0.25, -0.2) is 4.79 Å². The number of aryl methyl sites for hydroxylation is 2. The smallest absolute Gasteiger partial charge is 0.339 e. The van der Waals surface area contributed by atoms with E-state index in [-0.39, 0.29) is 12.4 Å². The molecule has 0 N–H and O–H groups in total. The van der Waals surface area contributed by atoms with Crippen LogP contribution in [0.3, 0.4) is 0 Å². The third-order valence-electron chi connectivity index (χ3n) is 3.36. The molecule has 0 heterocycles. The number of hydrogen-bond acceptors (Lipinski definition) is 3. The third-order valence-corrected chi connectivity index (χ3v) is 3.36. The molecule has 3 nitrogen and oxygen atoms in total. The Morgan fingerprint density at radius 1 is 0.905 bits per heavy atom. The summed E-state index contributed by atoms with van der Waals surface area (Å²) in [5.74, 6) is -0.599. The number of esters is 1. The summed E-state index contributed by atoms with van der Waals surface area (Å²) in [5.41, 5.74) is 2.89. The summed E-state index contributed by atoms with van der Waals surface area (Å²) in [4.78, 5) is 24.9. The fourth-order valence-electron chi connectivity index (χ4n) is 2.30. The number of hydrogen-bond donors (Lipinski definition) is 0. The van der Waals surface area contributed by atoms with Crippen LogP contribution in [0.5, 0.6) is 0 Å². The summed E-state index contributed by atoms with van der Waals surface area (Å²) in [6.07, 6.45) is 0. The molecule has 21 heavy (non-hydrogen) atoms. The second kappa shape index (κ2) is 6.35. The van der Waals surface area contributed by atoms with Gasteiger partial charge in [0, 0.05) is 11.1 Å². The Balaban J connectivity index is 2.60. The molecule has 2 aromatic carbocycles. The molecule has 2 aromatic rings. The number of benzene rings is 2. The Bertz CT molecular complexity index is 672. The van der Waals surface area contributed by atoms with Gasteiger partial charge in [-0.1, -0.05) is 42.5 Å². The van der Waals surface area contributed by atoms with E-state index in [1.165, 1.54) is 0 Å². The summed E-state index contributed by atoms with van der Waals surface area (Å²) in [6.45, 7) is 5.68. The lowest BCUT2D eigenvalue weighted by Gasteiger charge is -2.13. The molecule has 2 rings (SSSR count). The van der Waals surface area contributed by atoms with Gasteiger partial charge >= 0.3 is 5.97 Å². The molecule has 0 aliphatic carbocycles. The van der Waals surface area contributed by atoms with Crippen LogP contribution in [0.4, 0.5) is 0 Å². The van der Waals surface area contributed by atoms with Crippen molar-refractivity contribution < 1.29 is 14.3 Å². The Kier molecular flexibility index (Phi) is 4.53. The molecule has 0 spiro atoms. The Hall–Kier alpha value is -2.42. The molecular formula is C18H18O3. The fraction of sp³-hybridized carbons (Fsp3) is 0.222. The van der Waals surface area contributed by atoms with Gasteiger partial charge in [-0.2, -0.15) is 0 Å². The topological polar surface area (TPSA) is 43.4 Å². The molecule has 0 saturated heterocycles. The van der Waals surface area contributed by atoms with Crippen molar-refractivity contribution in [3.05, 3.63) is 70.3 Å². The molecule has 0 fully saturated rings. The first-order chi connectivity index (χ1) is 10.1. The van der Waals surface area contributed by atoms with Crippen LogP contribution in [0, 0.1) is 13.8 Å². The van der Waals surface area contributed by atoms with Gasteiger partial charge in [0.15, 0.2) is 5.78 Å². The van der Waals surface area contributed by atoms with E-state index in [1.807, 2.05) is 44.2 Å². The lowest BCUT2D eigenvalue weighted by Crippen LogP contribution is -2.16. The van der Waals surface area contributed by atoms with Crippen molar-refractivity contribution in [1.82, 2.24) is 0 Å². The van der Waals surface area contributed by atoms with E-state index in [0.717, 1.165) is 11.1 Å². The highest BCUT2D eigenvalue weighted by molar-refractivity contribution is 6.15. The molecule has 0 saturated carbocycles. The molecule has 0 aliphatic rings. The van der Waals surface area contributed by atoms with Crippen LogP contribution >= 0.6 is 0 Å². The zero-order chi connectivity index (χ0) is 15.4. The van der Waals surface area contributed by atoms with Crippen LogP contribution < -0.4 is 0 Å². The maximum atomic E-state index is 12.7. The quantitative estimate of drug-likeness (QED) is 0.634. The van der Waals surface area contributed by atoms with E-state index in [9.17, 15) is 9.59 Å². The SMILES string of the molecule is CCOC(=O)c1c(C)ccc(C)c1C(=O)c1ccccc1. The van der Waals surface area contributed by atoms with Crippen molar-refractivity contribution in [3.8, 4) is 0 Å². The molecular weight excluding hydrogens is 264 g/mol. The first-order valence-corrected chi connectivity index (χ1v) is 6.93. The molecule has 0 unspecified atom stereocenters. The van der Waals surface area contributed by atoms with Gasteiger partial charge in [-0.15, -0.1) is 0 Å². The minimum absolute atomic E-state index is 0.153. The van der Waals surface area contributed by atoms with Gasteiger partial charge in [-0.05, 0) is 31.9 Å². The third kappa shape index (κ3) is 3.02. The van der Waals surface area contributed by atoms with Crippen molar-refractivity contribution in [3.63, 3.8) is 0 Å². The Morgan fingerprint density at radius 3 is 2.05 bits per heavy atom. The minimum Gasteiger partial charge on any atom is -0.462 e. The van der Waals surface area contributed by atoms with Crippen LogP contribution in [-0.2, 0) is 4.74 Å². The van der Waals surface area contributed by atoms with E-state index in [1.54, 1.807) is 19.1 Å². The van der Waals surface area contributed by atoms with Crippen LogP contribution in [0.1, 0.15) is 44.3 Å². The lowest BCUT2D eigenvalue weighted by molar-refractivity contribution is 0.0522. The predicted molar refractivity (Wildman–Crippen MR) is 81.7 cm³/mol. The molecule has 0 radical (unpaired) electrons. The van der Waals surface area contributed by atoms with E-state index in [4.69, 9.17) is 4.74 Å². The van der Waals surface area contributed by atoms with Gasteiger partial charge in [0.1, 0.15) is 0 Å². The second-order valence-corrected chi connectivity index (χ2v) is 4.86. The first kappa shape index (κ1) is 15.0. The normalized spacial score (nSPS) is 10.2. The summed E-state index contributed by atoms with van der Waals surface area (Å²) >= 11 is 0. The zero-order valence-corrected chi connectivity index (χ0v) is 12.5. The molecule has 108 valence electrons. The highest BCUT2D eigenvalue weighted by atomic mass is 16.5. The van der Waals surface area contributed by atoms with Gasteiger partial charge in [0.05, 0.1) is 12.2 Å². The fourth-order valence-corrected chi connectivity index (χ4v) is 2.30. The van der Waals surface area contributed by atoms with E-state index in [0.29, 0.717) is 16.7 Å². The maximum absolute atomic E-state index is 12.7. The van der Waals surface area contributed by atoms with Crippen LogP contribution in [0.25, 0.3) is 0 Å². The highest BCUT2D eigenvalue weighted by Gasteiger charge is 2.23. The minimum atomic E-state index is -0.446. The highest BCUT2D eigenvalue weighted by Crippen LogP contribution is 2.23. The average molecular weight is 282 g/mol. The standard InChI is InChI=1S/C18H18O3/c1-4-21-18(20)16-13(3)11-10-12(2)15(16)17(19)14-8-6-5-7-9-14/h5-11H,4H2,1-3H3. The summed E-state index contributed by atoms with van der Waals surface area (Å²) in [6, 6.07) is 12.7. The Labute approximate surface area is 124 Å². The number of carbonyl (C=O) groups is 2. The molecule has 3 heteroatoms. The molecule has 0 amide bonds. The zero-order valence-electron chi connectivity index (χ0n) is 12.5.